The molecule has 1 heterocycles. The number of benzene rings is 1. The van der Waals surface area contributed by atoms with Crippen molar-refractivity contribution in [2.45, 2.75) is 6.54 Å². The Morgan fingerprint density at radius 2 is 2.16 bits per heavy atom. The van der Waals surface area contributed by atoms with Gasteiger partial charge in [-0.05, 0) is 12.2 Å². The summed E-state index contributed by atoms with van der Waals surface area (Å²) in [6.45, 7) is 0.215. The number of aromatic amines is 1. The monoisotopic (exact) mass is 304 g/mol. The molecule has 5 nitrogen and oxygen atoms in total. The zero-order valence-electron chi connectivity index (χ0n) is 10.4. The van der Waals surface area contributed by atoms with Gasteiger partial charge in [0.15, 0.2) is 16.3 Å². The topological polar surface area (TPSA) is 64.1 Å². The van der Waals surface area contributed by atoms with E-state index in [9.17, 15) is 12.8 Å². The molecule has 1 aromatic carbocycles. The van der Waals surface area contributed by atoms with Crippen LogP contribution in [0.25, 0.3) is 11.0 Å². The zero-order chi connectivity index (χ0) is 14.2. The van der Waals surface area contributed by atoms with E-state index in [1.54, 1.807) is 4.57 Å². The highest BCUT2D eigenvalue weighted by Gasteiger charge is 2.12. The Labute approximate surface area is 114 Å². The molecular formula is C11H13FN2O3S2. The van der Waals surface area contributed by atoms with Crippen molar-refractivity contribution in [3.63, 3.8) is 0 Å². The molecule has 0 saturated carbocycles. The van der Waals surface area contributed by atoms with Crippen LogP contribution in [0.3, 0.4) is 0 Å². The minimum Gasteiger partial charge on any atom is -0.494 e. The summed E-state index contributed by atoms with van der Waals surface area (Å²) >= 11 is 5.11. The van der Waals surface area contributed by atoms with Crippen LogP contribution in [0.1, 0.15) is 0 Å². The number of fused-ring (bicyclic) bond motifs is 1. The Hall–Kier alpha value is -1.41. The largest absolute Gasteiger partial charge is 0.494 e. The first-order valence-corrected chi connectivity index (χ1v) is 7.92. The molecule has 0 unspecified atom stereocenters. The van der Waals surface area contributed by atoms with E-state index in [1.807, 2.05) is 0 Å². The fourth-order valence-electron chi connectivity index (χ4n) is 1.79. The Morgan fingerprint density at radius 1 is 1.47 bits per heavy atom. The molecule has 0 bridgehead atoms. The first-order valence-electron chi connectivity index (χ1n) is 5.45. The van der Waals surface area contributed by atoms with Gasteiger partial charge in [0.25, 0.3) is 0 Å². The summed E-state index contributed by atoms with van der Waals surface area (Å²) in [4.78, 5) is 2.84. The van der Waals surface area contributed by atoms with Gasteiger partial charge in [0.2, 0.25) is 0 Å². The molecule has 1 N–H and O–H groups in total. The van der Waals surface area contributed by atoms with Gasteiger partial charge >= 0.3 is 0 Å². The summed E-state index contributed by atoms with van der Waals surface area (Å²) in [5, 5.41) is 0. The standard InChI is InChI=1S/C11H13FN2O3S2/c1-17-10-6-9-8(5-7(10)12)13-11(18)14(9)3-4-19(2,15)16/h5-6H,3-4H2,1-2H3,(H,13,18). The second kappa shape index (κ2) is 4.93. The Balaban J connectivity index is 2.54. The molecule has 0 spiro atoms. The maximum atomic E-state index is 13.6. The van der Waals surface area contributed by atoms with Crippen molar-refractivity contribution in [1.82, 2.24) is 9.55 Å². The summed E-state index contributed by atoms with van der Waals surface area (Å²) in [5.74, 6) is -0.440. The van der Waals surface area contributed by atoms with Gasteiger partial charge in [-0.2, -0.15) is 0 Å². The number of H-pyrrole nitrogens is 1. The van der Waals surface area contributed by atoms with Crippen LogP contribution in [0.4, 0.5) is 4.39 Å². The minimum absolute atomic E-state index is 0.0338. The third-order valence-corrected chi connectivity index (χ3v) is 3.98. The van der Waals surface area contributed by atoms with E-state index in [-0.39, 0.29) is 18.0 Å². The van der Waals surface area contributed by atoms with Gasteiger partial charge in [0.05, 0.1) is 23.9 Å². The van der Waals surface area contributed by atoms with Gasteiger partial charge in [-0.1, -0.05) is 0 Å². The predicted molar refractivity (Wildman–Crippen MR) is 73.3 cm³/mol. The Bertz CT molecular complexity index is 777. The summed E-state index contributed by atoms with van der Waals surface area (Å²) in [6.07, 6.45) is 1.16. The van der Waals surface area contributed by atoms with Gasteiger partial charge in [0, 0.05) is 24.9 Å². The average molecular weight is 304 g/mol. The number of halogens is 1. The highest BCUT2D eigenvalue weighted by atomic mass is 32.2. The quantitative estimate of drug-likeness (QED) is 0.876. The van der Waals surface area contributed by atoms with Crippen molar-refractivity contribution in [1.29, 1.82) is 0 Å². The molecule has 0 aliphatic rings. The Morgan fingerprint density at radius 3 is 2.74 bits per heavy atom. The van der Waals surface area contributed by atoms with Gasteiger partial charge in [0.1, 0.15) is 9.84 Å². The lowest BCUT2D eigenvalue weighted by molar-refractivity contribution is 0.387. The third kappa shape index (κ3) is 2.95. The number of ether oxygens (including phenoxy) is 1. The highest BCUT2D eigenvalue weighted by molar-refractivity contribution is 7.90. The van der Waals surface area contributed by atoms with Crippen LogP contribution in [0.15, 0.2) is 12.1 Å². The van der Waals surface area contributed by atoms with Crippen LogP contribution in [0.5, 0.6) is 5.75 Å². The molecule has 0 atom stereocenters. The van der Waals surface area contributed by atoms with E-state index >= 15 is 0 Å². The van der Waals surface area contributed by atoms with Crippen LogP contribution in [-0.2, 0) is 16.4 Å². The summed E-state index contributed by atoms with van der Waals surface area (Å²) in [6, 6.07) is 2.78. The second-order valence-corrected chi connectivity index (χ2v) is 6.86. The van der Waals surface area contributed by atoms with E-state index in [4.69, 9.17) is 17.0 Å². The fourth-order valence-corrected chi connectivity index (χ4v) is 2.61. The van der Waals surface area contributed by atoms with Crippen molar-refractivity contribution in [3.8, 4) is 5.75 Å². The van der Waals surface area contributed by atoms with Crippen LogP contribution in [0, 0.1) is 10.6 Å². The maximum absolute atomic E-state index is 13.6. The number of nitrogens with zero attached hydrogens (tertiary/aromatic N) is 1. The Kier molecular flexibility index (Phi) is 3.64. The van der Waals surface area contributed by atoms with E-state index in [2.05, 4.69) is 4.98 Å². The van der Waals surface area contributed by atoms with Crippen molar-refractivity contribution in [2.24, 2.45) is 0 Å². The SMILES string of the molecule is COc1cc2c(cc1F)[nH]c(=S)n2CCS(C)(=O)=O. The smallest absolute Gasteiger partial charge is 0.178 e. The van der Waals surface area contributed by atoms with E-state index in [1.165, 1.54) is 19.2 Å². The second-order valence-electron chi connectivity index (χ2n) is 4.22. The number of imidazole rings is 1. The number of hydrogen-bond acceptors (Lipinski definition) is 4. The van der Waals surface area contributed by atoms with Crippen LogP contribution in [0.2, 0.25) is 0 Å². The average Bonchev–Trinajstić information content (AvgIpc) is 2.59. The fraction of sp³-hybridized carbons (Fsp3) is 0.364. The van der Waals surface area contributed by atoms with E-state index in [0.717, 1.165) is 6.26 Å². The molecule has 0 aliphatic carbocycles. The third-order valence-electron chi connectivity index (χ3n) is 2.73. The van der Waals surface area contributed by atoms with Gasteiger partial charge < -0.3 is 14.3 Å². The highest BCUT2D eigenvalue weighted by Crippen LogP contribution is 2.24. The van der Waals surface area contributed by atoms with Crippen LogP contribution >= 0.6 is 12.2 Å². The van der Waals surface area contributed by atoms with E-state index < -0.39 is 15.7 Å². The molecule has 19 heavy (non-hydrogen) atoms. The number of hydrogen-bond donors (Lipinski definition) is 1. The normalized spacial score (nSPS) is 11.9. The number of aryl methyl sites for hydroxylation is 1. The number of rotatable bonds is 4. The first kappa shape index (κ1) is 14.0. The van der Waals surface area contributed by atoms with E-state index in [0.29, 0.717) is 15.8 Å². The first-order chi connectivity index (χ1) is 8.81. The maximum Gasteiger partial charge on any atom is 0.178 e. The molecule has 0 aliphatic heterocycles. The lowest BCUT2D eigenvalue weighted by atomic mass is 10.3. The summed E-state index contributed by atoms with van der Waals surface area (Å²) in [5.41, 5.74) is 1.13. The molecule has 0 amide bonds. The summed E-state index contributed by atoms with van der Waals surface area (Å²) in [7, 11) is -1.73. The van der Waals surface area contributed by atoms with Gasteiger partial charge in [-0.25, -0.2) is 12.8 Å². The van der Waals surface area contributed by atoms with Crippen molar-refractivity contribution < 1.29 is 17.5 Å². The number of methoxy groups -OCH3 is 1. The lowest BCUT2D eigenvalue weighted by Crippen LogP contribution is -2.11. The molecule has 0 radical (unpaired) electrons. The number of nitrogens with one attached hydrogen (secondary N) is 1. The zero-order valence-corrected chi connectivity index (χ0v) is 12.1. The molecule has 104 valence electrons. The summed E-state index contributed by atoms with van der Waals surface area (Å²) < 4.78 is 42.8. The van der Waals surface area contributed by atoms with Crippen molar-refractivity contribution >= 4 is 33.1 Å². The lowest BCUT2D eigenvalue weighted by Gasteiger charge is -2.05. The van der Waals surface area contributed by atoms with Crippen LogP contribution in [-0.4, -0.2) is 37.1 Å². The predicted octanol–water partition coefficient (Wildman–Crippen LogP) is 1.89. The molecule has 1 aromatic heterocycles. The number of aromatic nitrogens is 2. The molecule has 0 saturated heterocycles. The van der Waals surface area contributed by atoms with Crippen molar-refractivity contribution in [3.05, 3.63) is 22.7 Å². The molecule has 2 rings (SSSR count). The van der Waals surface area contributed by atoms with Gasteiger partial charge in [-0.3, -0.25) is 0 Å². The molecule has 8 heteroatoms. The number of sulfone groups is 1. The molecular weight excluding hydrogens is 291 g/mol. The minimum atomic E-state index is -3.10. The molecule has 2 aromatic rings. The van der Waals surface area contributed by atoms with Gasteiger partial charge in [-0.15, -0.1) is 0 Å². The van der Waals surface area contributed by atoms with Crippen LogP contribution < -0.4 is 4.74 Å². The molecule has 0 fully saturated rings. The van der Waals surface area contributed by atoms with Crippen molar-refractivity contribution in [2.75, 3.05) is 19.1 Å².